The first-order valence-electron chi connectivity index (χ1n) is 13.1. The van der Waals surface area contributed by atoms with Gasteiger partial charge in [-0.3, -0.25) is 24.1 Å². The van der Waals surface area contributed by atoms with Crippen molar-refractivity contribution in [3.05, 3.63) is 122 Å². The monoisotopic (exact) mass is 561 g/mol. The van der Waals surface area contributed by atoms with Gasteiger partial charge in [-0.25, -0.2) is 4.98 Å². The average molecular weight is 562 g/mol. The third kappa shape index (κ3) is 4.89. The van der Waals surface area contributed by atoms with E-state index in [4.69, 9.17) is 9.72 Å². The number of fused-ring (bicyclic) bond motifs is 2. The summed E-state index contributed by atoms with van der Waals surface area (Å²) in [7, 11) is 0. The Bertz CT molecular complexity index is 2040. The molecule has 1 aliphatic heterocycles. The lowest BCUT2D eigenvalue weighted by Crippen LogP contribution is -2.36. The van der Waals surface area contributed by atoms with Gasteiger partial charge in [0.05, 0.1) is 35.6 Å². The predicted molar refractivity (Wildman–Crippen MR) is 153 cm³/mol. The molecule has 1 amide bonds. The molecular weight excluding hydrogens is 538 g/mol. The van der Waals surface area contributed by atoms with Crippen molar-refractivity contribution in [1.82, 2.24) is 14.0 Å². The van der Waals surface area contributed by atoms with Gasteiger partial charge in [0.15, 0.2) is 5.49 Å². The molecule has 0 aliphatic carbocycles. The summed E-state index contributed by atoms with van der Waals surface area (Å²) >= 11 is 0. The van der Waals surface area contributed by atoms with E-state index in [9.17, 15) is 25.0 Å². The Labute approximate surface area is 238 Å². The summed E-state index contributed by atoms with van der Waals surface area (Å²) < 4.78 is 8.30. The summed E-state index contributed by atoms with van der Waals surface area (Å²) in [6.07, 6.45) is 1.59. The standard InChI is InChI=1S/C30H23N7O5/c31-18-22-16-23-28(32-26-8-4-5-11-35(26)30(23)39)36(19-20-6-2-1-3-7-20)27(22)33-29(38)21-9-10-24(25(17-21)37(40)41)34-12-14-42-15-13-34/h1-11,16-17H,12-15,19H2. The van der Waals surface area contributed by atoms with Crippen LogP contribution in [0.2, 0.25) is 0 Å². The number of hydrogen-bond donors (Lipinski definition) is 0. The first-order chi connectivity index (χ1) is 20.4. The van der Waals surface area contributed by atoms with Gasteiger partial charge in [-0.1, -0.05) is 36.4 Å². The lowest BCUT2D eigenvalue weighted by molar-refractivity contribution is -0.384. The molecule has 12 nitrogen and oxygen atoms in total. The van der Waals surface area contributed by atoms with Crippen LogP contribution >= 0.6 is 0 Å². The maximum absolute atomic E-state index is 13.5. The smallest absolute Gasteiger partial charge is 0.293 e. The Hall–Kier alpha value is -5.67. The van der Waals surface area contributed by atoms with E-state index in [1.165, 1.54) is 28.7 Å². The molecule has 1 fully saturated rings. The fraction of sp³-hybridized carbons (Fsp3) is 0.167. The summed E-state index contributed by atoms with van der Waals surface area (Å²) in [5, 5.41) is 22.2. The third-order valence-corrected chi connectivity index (χ3v) is 7.07. The molecule has 5 aromatic rings. The highest BCUT2D eigenvalue weighted by Gasteiger charge is 2.24. The van der Waals surface area contributed by atoms with Crippen molar-refractivity contribution in [3.63, 3.8) is 0 Å². The van der Waals surface area contributed by atoms with Gasteiger partial charge in [0.2, 0.25) is 0 Å². The Kier molecular flexibility index (Phi) is 7.00. The SMILES string of the molecule is N#Cc1cc2c(=O)n3ccccc3nc2n(Cc2ccccc2)c1=NC(=O)c1ccc(N2CCOCC2)c([N+](=O)[O-])c1. The Morgan fingerprint density at radius 2 is 1.83 bits per heavy atom. The molecule has 0 spiro atoms. The third-order valence-electron chi connectivity index (χ3n) is 7.07. The fourth-order valence-corrected chi connectivity index (χ4v) is 5.03. The van der Waals surface area contributed by atoms with Crippen molar-refractivity contribution < 1.29 is 14.5 Å². The number of hydrogen-bond acceptors (Lipinski definition) is 8. The molecule has 2 aromatic carbocycles. The van der Waals surface area contributed by atoms with Gasteiger partial charge in [0.1, 0.15) is 23.1 Å². The van der Waals surface area contributed by atoms with Crippen molar-refractivity contribution in [3.8, 4) is 6.07 Å². The van der Waals surface area contributed by atoms with Crippen LogP contribution < -0.4 is 15.9 Å². The number of nitrogens with zero attached hydrogens (tertiary/aromatic N) is 7. The first kappa shape index (κ1) is 26.5. The number of anilines is 1. The summed E-state index contributed by atoms with van der Waals surface area (Å²) in [4.78, 5) is 49.2. The summed E-state index contributed by atoms with van der Waals surface area (Å²) in [5.41, 5.74) is 1.20. The maximum Gasteiger partial charge on any atom is 0.293 e. The Morgan fingerprint density at radius 3 is 2.57 bits per heavy atom. The number of aromatic nitrogens is 3. The minimum Gasteiger partial charge on any atom is -0.378 e. The van der Waals surface area contributed by atoms with Gasteiger partial charge < -0.3 is 14.2 Å². The molecule has 12 heteroatoms. The number of amides is 1. The second kappa shape index (κ2) is 11.1. The van der Waals surface area contributed by atoms with Crippen molar-refractivity contribution in [1.29, 1.82) is 5.26 Å². The minimum atomic E-state index is -0.776. The Morgan fingerprint density at radius 1 is 1.07 bits per heavy atom. The molecule has 1 saturated heterocycles. The largest absolute Gasteiger partial charge is 0.378 e. The number of nitro benzene ring substituents is 1. The highest BCUT2D eigenvalue weighted by molar-refractivity contribution is 5.96. The minimum absolute atomic E-state index is 0.00839. The fourth-order valence-electron chi connectivity index (χ4n) is 5.03. The van der Waals surface area contributed by atoms with Crippen LogP contribution in [0.3, 0.4) is 0 Å². The van der Waals surface area contributed by atoms with Gasteiger partial charge in [-0.15, -0.1) is 0 Å². The van der Waals surface area contributed by atoms with E-state index < -0.39 is 10.8 Å². The van der Waals surface area contributed by atoms with Gasteiger partial charge >= 0.3 is 0 Å². The van der Waals surface area contributed by atoms with Crippen LogP contribution in [0.15, 0.2) is 88.8 Å². The van der Waals surface area contributed by atoms with Crippen molar-refractivity contribution in [2.45, 2.75) is 6.54 Å². The molecule has 0 N–H and O–H groups in total. The van der Waals surface area contributed by atoms with Crippen LogP contribution in [0.1, 0.15) is 21.5 Å². The number of rotatable bonds is 5. The zero-order valence-electron chi connectivity index (χ0n) is 22.2. The number of morpholine rings is 1. The zero-order valence-corrected chi connectivity index (χ0v) is 22.2. The highest BCUT2D eigenvalue weighted by Crippen LogP contribution is 2.30. The van der Waals surface area contributed by atoms with Crippen molar-refractivity contribution in [2.24, 2.45) is 4.99 Å². The van der Waals surface area contributed by atoms with Crippen LogP contribution in [0.5, 0.6) is 0 Å². The van der Waals surface area contributed by atoms with Gasteiger partial charge in [-0.2, -0.15) is 10.3 Å². The van der Waals surface area contributed by atoms with Crippen LogP contribution in [0.4, 0.5) is 11.4 Å². The van der Waals surface area contributed by atoms with Gasteiger partial charge in [0.25, 0.3) is 17.2 Å². The lowest BCUT2D eigenvalue weighted by Gasteiger charge is -2.28. The van der Waals surface area contributed by atoms with E-state index >= 15 is 0 Å². The molecule has 4 heterocycles. The number of nitriles is 1. The molecule has 0 radical (unpaired) electrons. The lowest BCUT2D eigenvalue weighted by atomic mass is 10.1. The molecule has 0 bridgehead atoms. The zero-order chi connectivity index (χ0) is 29.2. The molecule has 1 aliphatic rings. The van der Waals surface area contributed by atoms with E-state index in [-0.39, 0.29) is 45.4 Å². The molecule has 0 saturated carbocycles. The second-order valence-corrected chi connectivity index (χ2v) is 9.63. The molecular formula is C30H23N7O5. The molecule has 3 aromatic heterocycles. The van der Waals surface area contributed by atoms with Gasteiger partial charge in [0, 0.05) is 30.9 Å². The van der Waals surface area contributed by atoms with Gasteiger partial charge in [-0.05, 0) is 35.9 Å². The molecule has 0 atom stereocenters. The summed E-state index contributed by atoms with van der Waals surface area (Å²) in [6, 6.07) is 22.1. The van der Waals surface area contributed by atoms with Crippen molar-refractivity contribution >= 4 is 34.0 Å². The Balaban J connectivity index is 1.56. The number of nitro groups is 1. The van der Waals surface area contributed by atoms with E-state index in [0.717, 1.165) is 5.56 Å². The molecule has 208 valence electrons. The second-order valence-electron chi connectivity index (χ2n) is 9.63. The quantitative estimate of drug-likeness (QED) is 0.181. The summed E-state index contributed by atoms with van der Waals surface area (Å²) in [6.45, 7) is 2.02. The normalized spacial score (nSPS) is 13.8. The van der Waals surface area contributed by atoms with Crippen molar-refractivity contribution in [2.75, 3.05) is 31.2 Å². The number of carbonyl (C=O) groups is 1. The van der Waals surface area contributed by atoms with E-state index in [2.05, 4.69) is 11.1 Å². The maximum atomic E-state index is 13.5. The average Bonchev–Trinajstić information content (AvgIpc) is 3.03. The topological polar surface area (TPSA) is 148 Å². The number of carbonyl (C=O) groups excluding carboxylic acids is 1. The molecule has 6 rings (SSSR count). The summed E-state index contributed by atoms with van der Waals surface area (Å²) in [5.74, 6) is -0.776. The molecule has 42 heavy (non-hydrogen) atoms. The van der Waals surface area contributed by atoms with Crippen LogP contribution in [0, 0.1) is 21.4 Å². The van der Waals surface area contributed by atoms with E-state index in [0.29, 0.717) is 37.6 Å². The van der Waals surface area contributed by atoms with E-state index in [1.807, 2.05) is 35.2 Å². The van der Waals surface area contributed by atoms with Crippen LogP contribution in [-0.2, 0) is 11.3 Å². The first-order valence-corrected chi connectivity index (χ1v) is 13.1. The van der Waals surface area contributed by atoms with E-state index in [1.54, 1.807) is 29.0 Å². The van der Waals surface area contributed by atoms with Crippen LogP contribution in [0.25, 0.3) is 16.7 Å². The predicted octanol–water partition coefficient (Wildman–Crippen LogP) is 3.06. The highest BCUT2D eigenvalue weighted by atomic mass is 16.6. The molecule has 0 unspecified atom stereocenters. The number of benzene rings is 2. The van der Waals surface area contributed by atoms with Crippen LogP contribution in [-0.4, -0.2) is 51.1 Å². The number of ether oxygens (including phenoxy) is 1. The number of pyridine rings is 2.